The molecule has 0 heterocycles. The Bertz CT molecular complexity index is 178. The molecule has 1 amide bonds. The van der Waals surface area contributed by atoms with Gasteiger partial charge in [0.25, 0.3) is 0 Å². The van der Waals surface area contributed by atoms with E-state index in [2.05, 4.69) is 5.43 Å². The van der Waals surface area contributed by atoms with Crippen LogP contribution in [0.1, 0.15) is 13.8 Å². The van der Waals surface area contributed by atoms with Crippen molar-refractivity contribution >= 4 is 17.7 Å². The van der Waals surface area contributed by atoms with Gasteiger partial charge in [0.05, 0.1) is 12.7 Å². The lowest BCUT2D eigenvalue weighted by Gasteiger charge is -2.20. The number of thioether (sulfide) groups is 1. The number of rotatable bonds is 6. The highest BCUT2D eigenvalue weighted by atomic mass is 32.2. The smallest absolute Gasteiger partial charge is 0.249 e. The molecule has 0 aromatic rings. The highest BCUT2D eigenvalue weighted by molar-refractivity contribution is 8.01. The maximum atomic E-state index is 11.2. The van der Waals surface area contributed by atoms with Crippen LogP contribution >= 0.6 is 11.8 Å². The van der Waals surface area contributed by atoms with Gasteiger partial charge >= 0.3 is 0 Å². The van der Waals surface area contributed by atoms with E-state index in [0.29, 0.717) is 0 Å². The number of aliphatic hydroxyl groups is 1. The quantitative estimate of drug-likeness (QED) is 0.320. The zero-order chi connectivity index (χ0) is 11.1. The number of aliphatic hydroxyl groups excluding tert-OH is 1. The normalized spacial score (nSPS) is 17.2. The summed E-state index contributed by atoms with van der Waals surface area (Å²) in [6, 6.07) is 0. The second-order valence-corrected chi connectivity index (χ2v) is 4.62. The molecule has 0 aromatic carbocycles. The van der Waals surface area contributed by atoms with E-state index in [1.807, 2.05) is 6.92 Å². The first-order valence-electron chi connectivity index (χ1n) is 4.35. The number of methoxy groups -OCH3 is 1. The first-order valence-corrected chi connectivity index (χ1v) is 5.30. The molecule has 0 fully saturated rings. The molecule has 6 heteroatoms. The lowest BCUT2D eigenvalue weighted by molar-refractivity contribution is -0.121. The van der Waals surface area contributed by atoms with Crippen LogP contribution in [0.25, 0.3) is 0 Å². The van der Waals surface area contributed by atoms with Crippen molar-refractivity contribution in [3.63, 3.8) is 0 Å². The van der Waals surface area contributed by atoms with Crippen LogP contribution in [-0.4, -0.2) is 41.3 Å². The van der Waals surface area contributed by atoms with Crippen LogP contribution in [0.4, 0.5) is 0 Å². The molecule has 3 unspecified atom stereocenters. The third kappa shape index (κ3) is 4.80. The molecular formula is C8H18N2O3S. The monoisotopic (exact) mass is 222 g/mol. The topological polar surface area (TPSA) is 84.6 Å². The van der Waals surface area contributed by atoms with Crippen LogP contribution in [-0.2, 0) is 9.53 Å². The first kappa shape index (κ1) is 13.7. The van der Waals surface area contributed by atoms with Crippen LogP contribution in [0.5, 0.6) is 0 Å². The number of carbonyl (C=O) groups excluding carboxylic acids is 1. The summed E-state index contributed by atoms with van der Waals surface area (Å²) in [5.74, 6) is 4.74. The van der Waals surface area contributed by atoms with E-state index in [9.17, 15) is 9.90 Å². The first-order chi connectivity index (χ1) is 6.52. The van der Waals surface area contributed by atoms with E-state index in [4.69, 9.17) is 10.6 Å². The molecule has 0 saturated carbocycles. The highest BCUT2D eigenvalue weighted by Gasteiger charge is 2.22. The third-order valence-electron chi connectivity index (χ3n) is 1.81. The number of hydrogen-bond acceptors (Lipinski definition) is 5. The predicted octanol–water partition coefficient (Wildman–Crippen LogP) is -0.506. The predicted molar refractivity (Wildman–Crippen MR) is 56.7 cm³/mol. The van der Waals surface area contributed by atoms with Crippen molar-refractivity contribution in [1.82, 2.24) is 5.43 Å². The summed E-state index contributed by atoms with van der Waals surface area (Å²) in [6.45, 7) is 3.81. The number of amides is 1. The maximum Gasteiger partial charge on any atom is 0.249 e. The average molecular weight is 222 g/mol. The molecule has 84 valence electrons. The van der Waals surface area contributed by atoms with Gasteiger partial charge in [-0.25, -0.2) is 5.84 Å². The van der Waals surface area contributed by atoms with Crippen molar-refractivity contribution in [3.8, 4) is 0 Å². The highest BCUT2D eigenvalue weighted by Crippen LogP contribution is 2.20. The minimum absolute atomic E-state index is 0.0348. The van der Waals surface area contributed by atoms with E-state index >= 15 is 0 Å². The standard InChI is InChI=1S/C8H18N2O3S/c1-5(11)6(2)14-7(4-13-3)8(12)10-9/h5-7,11H,4,9H2,1-3H3,(H,10,12). The molecule has 5 nitrogen and oxygen atoms in total. The molecule has 0 bridgehead atoms. The molecule has 0 aliphatic carbocycles. The molecule has 0 spiro atoms. The van der Waals surface area contributed by atoms with Crippen LogP contribution in [0, 0.1) is 0 Å². The van der Waals surface area contributed by atoms with Gasteiger partial charge in [-0.3, -0.25) is 10.2 Å². The Kier molecular flexibility index (Phi) is 6.90. The van der Waals surface area contributed by atoms with Crippen molar-refractivity contribution in [2.45, 2.75) is 30.5 Å². The summed E-state index contributed by atoms with van der Waals surface area (Å²) in [5, 5.41) is 8.85. The lowest BCUT2D eigenvalue weighted by Crippen LogP contribution is -2.41. The molecular weight excluding hydrogens is 204 g/mol. The second-order valence-electron chi connectivity index (χ2n) is 3.03. The van der Waals surface area contributed by atoms with Gasteiger partial charge in [0, 0.05) is 12.4 Å². The molecule has 0 saturated heterocycles. The molecule has 0 radical (unpaired) electrons. The van der Waals surface area contributed by atoms with Crippen molar-refractivity contribution < 1.29 is 14.6 Å². The fraction of sp³-hybridized carbons (Fsp3) is 0.875. The Morgan fingerprint density at radius 2 is 2.21 bits per heavy atom. The third-order valence-corrected chi connectivity index (χ3v) is 3.31. The Labute approximate surface area is 88.3 Å². The minimum atomic E-state index is -0.468. The zero-order valence-electron chi connectivity index (χ0n) is 8.69. The summed E-state index contributed by atoms with van der Waals surface area (Å²) in [5.41, 5.74) is 2.07. The number of nitrogens with two attached hydrogens (primary N) is 1. The second kappa shape index (κ2) is 7.05. The van der Waals surface area contributed by atoms with Gasteiger partial charge in [0.2, 0.25) is 5.91 Å². The Hall–Kier alpha value is -0.300. The maximum absolute atomic E-state index is 11.2. The minimum Gasteiger partial charge on any atom is -0.392 e. The van der Waals surface area contributed by atoms with Gasteiger partial charge in [-0.15, -0.1) is 11.8 Å². The van der Waals surface area contributed by atoms with E-state index in [1.54, 1.807) is 6.92 Å². The summed E-state index contributed by atoms with van der Waals surface area (Å²) in [6.07, 6.45) is -0.468. The van der Waals surface area contributed by atoms with Crippen molar-refractivity contribution in [2.24, 2.45) is 5.84 Å². The molecule has 0 aliphatic rings. The number of ether oxygens (including phenoxy) is 1. The van der Waals surface area contributed by atoms with Crippen molar-refractivity contribution in [2.75, 3.05) is 13.7 Å². The van der Waals surface area contributed by atoms with Gasteiger partial charge in [0.1, 0.15) is 5.25 Å². The summed E-state index contributed by atoms with van der Waals surface area (Å²) >= 11 is 1.34. The number of nitrogens with one attached hydrogen (secondary N) is 1. The molecule has 3 atom stereocenters. The Morgan fingerprint density at radius 3 is 2.57 bits per heavy atom. The van der Waals surface area contributed by atoms with Gasteiger partial charge in [0.15, 0.2) is 0 Å². The van der Waals surface area contributed by atoms with E-state index < -0.39 is 6.10 Å². The van der Waals surface area contributed by atoms with Crippen LogP contribution < -0.4 is 11.3 Å². The van der Waals surface area contributed by atoms with Crippen molar-refractivity contribution in [3.05, 3.63) is 0 Å². The SMILES string of the molecule is COCC(SC(C)C(C)O)C(=O)NN. The summed E-state index contributed by atoms with van der Waals surface area (Å²) in [4.78, 5) is 11.2. The molecule has 0 aliphatic heterocycles. The van der Waals surface area contributed by atoms with Gasteiger partial charge in [-0.05, 0) is 6.92 Å². The van der Waals surface area contributed by atoms with Gasteiger partial charge in [-0.1, -0.05) is 6.92 Å². The van der Waals surface area contributed by atoms with E-state index in [0.717, 1.165) is 0 Å². The van der Waals surface area contributed by atoms with Gasteiger partial charge in [-0.2, -0.15) is 0 Å². The van der Waals surface area contributed by atoms with Crippen molar-refractivity contribution in [1.29, 1.82) is 0 Å². The van der Waals surface area contributed by atoms with Gasteiger partial charge < -0.3 is 9.84 Å². The molecule has 0 aromatic heterocycles. The Balaban J connectivity index is 4.15. The number of hydrogen-bond donors (Lipinski definition) is 3. The lowest BCUT2D eigenvalue weighted by atomic mass is 10.3. The summed E-state index contributed by atoms with van der Waals surface area (Å²) in [7, 11) is 1.52. The van der Waals surface area contributed by atoms with Crippen LogP contribution in [0.3, 0.4) is 0 Å². The van der Waals surface area contributed by atoms with E-state index in [-0.39, 0.29) is 23.0 Å². The van der Waals surface area contributed by atoms with Crippen LogP contribution in [0.2, 0.25) is 0 Å². The fourth-order valence-corrected chi connectivity index (χ4v) is 1.95. The molecule has 14 heavy (non-hydrogen) atoms. The average Bonchev–Trinajstić information content (AvgIpc) is 2.15. The number of carbonyl (C=O) groups is 1. The largest absolute Gasteiger partial charge is 0.392 e. The molecule has 4 N–H and O–H groups in total. The number of hydrazine groups is 1. The zero-order valence-corrected chi connectivity index (χ0v) is 9.50. The molecule has 0 rings (SSSR count). The fourth-order valence-electron chi connectivity index (χ4n) is 0.794. The van der Waals surface area contributed by atoms with Crippen LogP contribution in [0.15, 0.2) is 0 Å². The Morgan fingerprint density at radius 1 is 1.64 bits per heavy atom. The summed E-state index contributed by atoms with van der Waals surface area (Å²) < 4.78 is 4.89. The van der Waals surface area contributed by atoms with E-state index in [1.165, 1.54) is 18.9 Å².